The predicted molar refractivity (Wildman–Crippen MR) is 125 cm³/mol. The topological polar surface area (TPSA) is 48.8 Å². The fourth-order valence-corrected chi connectivity index (χ4v) is 10.2. The van der Waals surface area contributed by atoms with Crippen LogP contribution < -0.4 is 0 Å². The first kappa shape index (κ1) is 25.7. The Morgan fingerprint density at radius 3 is 1.59 bits per heavy atom. The Labute approximate surface area is 169 Å². The number of azide groups is 1. The second-order valence-corrected chi connectivity index (χ2v) is 13.2. The van der Waals surface area contributed by atoms with E-state index in [9.17, 15) is 5.53 Å². The highest BCUT2D eigenvalue weighted by molar-refractivity contribution is 6.83. The van der Waals surface area contributed by atoms with Crippen LogP contribution in [0, 0.1) is 0 Å². The molecule has 4 heteroatoms. The zero-order valence-electron chi connectivity index (χ0n) is 18.5. The van der Waals surface area contributed by atoms with Crippen molar-refractivity contribution in [1.29, 1.82) is 0 Å². The van der Waals surface area contributed by atoms with Gasteiger partial charge in [0.2, 0.25) is 0 Å². The predicted octanol–water partition coefficient (Wildman–Crippen LogP) is 8.91. The van der Waals surface area contributed by atoms with Crippen molar-refractivity contribution < 1.29 is 0 Å². The van der Waals surface area contributed by atoms with E-state index in [-0.39, 0.29) is 5.67 Å². The maximum atomic E-state index is 9.24. The molecule has 3 nitrogen and oxygen atoms in total. The molecule has 0 fully saturated rings. The molecule has 0 radical (unpaired) electrons. The van der Waals surface area contributed by atoms with Crippen molar-refractivity contribution in [2.75, 3.05) is 0 Å². The van der Waals surface area contributed by atoms with Crippen LogP contribution in [0.5, 0.6) is 0 Å². The van der Waals surface area contributed by atoms with Gasteiger partial charge in [-0.3, -0.25) is 0 Å². The lowest BCUT2D eigenvalue weighted by Gasteiger charge is -2.38. The zero-order valence-corrected chi connectivity index (χ0v) is 19.5. The highest BCUT2D eigenvalue weighted by Gasteiger charge is 2.40. The van der Waals surface area contributed by atoms with Gasteiger partial charge in [-0.15, -0.1) is 19.7 Å². The lowest BCUT2D eigenvalue weighted by molar-refractivity contribution is 0.556. The summed E-state index contributed by atoms with van der Waals surface area (Å²) in [5.41, 5.74) is 12.9. The molecule has 0 rings (SSSR count). The molecule has 0 aromatic heterocycles. The molecule has 0 saturated heterocycles. The van der Waals surface area contributed by atoms with Crippen LogP contribution in [0.1, 0.15) is 85.5 Å². The third kappa shape index (κ3) is 11.9. The number of hydrogen-bond donors (Lipinski definition) is 0. The van der Waals surface area contributed by atoms with E-state index in [0.29, 0.717) is 0 Å². The van der Waals surface area contributed by atoms with Crippen LogP contribution in [-0.4, -0.2) is 13.7 Å². The van der Waals surface area contributed by atoms with Crippen LogP contribution >= 0.6 is 0 Å². The minimum Gasteiger partial charge on any atom is -0.100 e. The average Bonchev–Trinajstić information content (AvgIpc) is 2.54. The SMILES string of the molecule is C=C(C)C[Si](CC(=C)C)(CC(=C)C)C(CCCCCCCCCC)N=[N+]=[N-]. The lowest BCUT2D eigenvalue weighted by atomic mass is 10.1. The number of rotatable bonds is 17. The molecule has 0 N–H and O–H groups in total. The van der Waals surface area contributed by atoms with Crippen molar-refractivity contribution in [3.05, 3.63) is 46.9 Å². The van der Waals surface area contributed by atoms with Gasteiger partial charge in [-0.25, -0.2) is 0 Å². The minimum atomic E-state index is -1.94. The highest BCUT2D eigenvalue weighted by Crippen LogP contribution is 2.37. The molecule has 1 unspecified atom stereocenters. The van der Waals surface area contributed by atoms with Crippen molar-refractivity contribution in [2.24, 2.45) is 5.11 Å². The second kappa shape index (κ2) is 14.8. The van der Waals surface area contributed by atoms with Crippen molar-refractivity contribution in [2.45, 2.75) is 109 Å². The van der Waals surface area contributed by atoms with Crippen LogP contribution in [0.25, 0.3) is 10.4 Å². The first-order valence-corrected chi connectivity index (χ1v) is 13.4. The molecule has 0 bridgehead atoms. The van der Waals surface area contributed by atoms with Gasteiger partial charge in [-0.2, -0.15) is 0 Å². The largest absolute Gasteiger partial charge is 0.100 e. The molecule has 27 heavy (non-hydrogen) atoms. The van der Waals surface area contributed by atoms with Crippen LogP contribution in [-0.2, 0) is 0 Å². The Morgan fingerprint density at radius 1 is 0.815 bits per heavy atom. The van der Waals surface area contributed by atoms with Crippen molar-refractivity contribution in [3.63, 3.8) is 0 Å². The summed E-state index contributed by atoms with van der Waals surface area (Å²) in [4.78, 5) is 3.24. The number of nitrogens with zero attached hydrogens (tertiary/aromatic N) is 3. The number of allylic oxidation sites excluding steroid dienone is 3. The zero-order chi connectivity index (χ0) is 20.7. The van der Waals surface area contributed by atoms with E-state index in [2.05, 4.69) is 57.5 Å². The van der Waals surface area contributed by atoms with Gasteiger partial charge in [0, 0.05) is 10.6 Å². The molecule has 0 aromatic carbocycles. The summed E-state index contributed by atoms with van der Waals surface area (Å²) < 4.78 is 0. The van der Waals surface area contributed by atoms with Gasteiger partial charge in [0.1, 0.15) is 0 Å². The minimum absolute atomic E-state index is 0.104. The molecule has 0 heterocycles. The average molecular weight is 390 g/mol. The Bertz CT molecular complexity index is 477. The number of unbranched alkanes of at least 4 members (excludes halogenated alkanes) is 7. The normalized spacial score (nSPS) is 12.3. The van der Waals surface area contributed by atoms with E-state index in [1.807, 2.05) is 0 Å². The van der Waals surface area contributed by atoms with Crippen molar-refractivity contribution in [1.82, 2.24) is 0 Å². The summed E-state index contributed by atoms with van der Waals surface area (Å²) in [7, 11) is -1.94. The van der Waals surface area contributed by atoms with Crippen LogP contribution in [0.15, 0.2) is 41.6 Å². The Hall–Kier alpha value is -1.25. The third-order valence-electron chi connectivity index (χ3n) is 5.19. The van der Waals surface area contributed by atoms with E-state index in [1.54, 1.807) is 0 Å². The van der Waals surface area contributed by atoms with E-state index >= 15 is 0 Å². The summed E-state index contributed by atoms with van der Waals surface area (Å²) in [6.45, 7) is 21.1. The van der Waals surface area contributed by atoms with Gasteiger partial charge >= 0.3 is 0 Å². The lowest BCUT2D eigenvalue weighted by Crippen LogP contribution is -2.47. The first-order valence-electron chi connectivity index (χ1n) is 10.7. The maximum absolute atomic E-state index is 9.24. The quantitative estimate of drug-likeness (QED) is 0.0595. The summed E-state index contributed by atoms with van der Waals surface area (Å²) in [5.74, 6) is 0. The molecular weight excluding hydrogens is 346 g/mol. The summed E-state index contributed by atoms with van der Waals surface area (Å²) in [6, 6.07) is 2.98. The Balaban J connectivity index is 5.04. The highest BCUT2D eigenvalue weighted by atomic mass is 28.3. The van der Waals surface area contributed by atoms with Crippen LogP contribution in [0.2, 0.25) is 18.1 Å². The van der Waals surface area contributed by atoms with Gasteiger partial charge in [-0.1, -0.05) is 80.1 Å². The number of hydrogen-bond acceptors (Lipinski definition) is 1. The van der Waals surface area contributed by atoms with Gasteiger partial charge in [-0.05, 0) is 50.9 Å². The van der Waals surface area contributed by atoms with E-state index in [0.717, 1.165) is 31.0 Å². The molecule has 154 valence electrons. The van der Waals surface area contributed by atoms with Gasteiger partial charge in [0.05, 0.1) is 8.07 Å². The van der Waals surface area contributed by atoms with E-state index in [1.165, 1.54) is 61.7 Å². The van der Waals surface area contributed by atoms with Crippen molar-refractivity contribution >= 4 is 8.07 Å². The standard InChI is InChI=1S/C23H43N3Si/c1-8-9-10-11-12-13-14-15-16-23(25-26-24)27(17-20(2)3,18-21(4)5)19-22(6)7/h23H,2,4,6,8-19H2,1,3,5,7H3. The van der Waals surface area contributed by atoms with Crippen molar-refractivity contribution in [3.8, 4) is 0 Å². The van der Waals surface area contributed by atoms with Gasteiger partial charge in [0.15, 0.2) is 0 Å². The molecule has 0 amide bonds. The fraction of sp³-hybridized carbons (Fsp3) is 0.739. The maximum Gasteiger partial charge on any atom is 0.0756 e. The smallest absolute Gasteiger partial charge is 0.0756 e. The molecule has 0 saturated carbocycles. The molecular formula is C23H43N3Si. The molecule has 0 aliphatic carbocycles. The van der Waals surface area contributed by atoms with Gasteiger partial charge < -0.3 is 0 Å². The molecule has 0 aliphatic heterocycles. The summed E-state index contributed by atoms with van der Waals surface area (Å²) >= 11 is 0. The molecule has 0 aliphatic rings. The van der Waals surface area contributed by atoms with E-state index < -0.39 is 8.07 Å². The third-order valence-corrected chi connectivity index (χ3v) is 10.9. The molecule has 0 spiro atoms. The van der Waals surface area contributed by atoms with Crippen LogP contribution in [0.4, 0.5) is 0 Å². The molecule has 1 atom stereocenters. The molecule has 0 aromatic rings. The van der Waals surface area contributed by atoms with Crippen LogP contribution in [0.3, 0.4) is 0 Å². The fourth-order valence-electron chi connectivity index (χ4n) is 4.36. The second-order valence-electron chi connectivity index (χ2n) is 8.75. The summed E-state index contributed by atoms with van der Waals surface area (Å²) in [6.07, 6.45) is 11.4. The van der Waals surface area contributed by atoms with E-state index in [4.69, 9.17) is 0 Å². The monoisotopic (exact) mass is 389 g/mol. The Morgan fingerprint density at radius 2 is 1.22 bits per heavy atom. The summed E-state index contributed by atoms with van der Waals surface area (Å²) in [5, 5.41) is 4.33. The Kier molecular flexibility index (Phi) is 14.1. The first-order chi connectivity index (χ1) is 12.8. The van der Waals surface area contributed by atoms with Gasteiger partial charge in [0.25, 0.3) is 0 Å².